The monoisotopic (exact) mass is 626 g/mol. The van der Waals surface area contributed by atoms with Gasteiger partial charge in [-0.15, -0.1) is 11.3 Å². The number of esters is 1. The summed E-state index contributed by atoms with van der Waals surface area (Å²) in [5, 5.41) is 13.5. The third-order valence-electron chi connectivity index (χ3n) is 7.14. The van der Waals surface area contributed by atoms with Crippen LogP contribution in [0, 0.1) is 11.8 Å². The highest BCUT2D eigenvalue weighted by molar-refractivity contribution is 7.13. The van der Waals surface area contributed by atoms with Gasteiger partial charge in [0.15, 0.2) is 12.5 Å². The topological polar surface area (TPSA) is 152 Å². The Morgan fingerprint density at radius 3 is 2.61 bits per heavy atom. The molecule has 0 aliphatic heterocycles. The second kappa shape index (κ2) is 13.4. The number of halogens is 2. The lowest BCUT2D eigenvalue weighted by atomic mass is 9.93. The summed E-state index contributed by atoms with van der Waals surface area (Å²) < 4.78 is 42.8. The summed E-state index contributed by atoms with van der Waals surface area (Å²) in [6.45, 7) is 5.86. The highest BCUT2D eigenvalue weighted by atomic mass is 32.1. The number of nitrogens with two attached hydrogens (primary N) is 1. The van der Waals surface area contributed by atoms with E-state index in [9.17, 15) is 18.4 Å². The zero-order valence-corrected chi connectivity index (χ0v) is 25.2. The molecular weight excluding hydrogens is 594 g/mol. The van der Waals surface area contributed by atoms with Crippen LogP contribution < -0.4 is 11.1 Å². The Balaban J connectivity index is 1.33. The summed E-state index contributed by atoms with van der Waals surface area (Å²) in [4.78, 5) is 33.4. The minimum Gasteiger partial charge on any atom is -0.438 e. The van der Waals surface area contributed by atoms with Gasteiger partial charge in [-0.1, -0.05) is 0 Å². The lowest BCUT2D eigenvalue weighted by molar-refractivity contribution is -0.143. The number of nitrogens with one attached hydrogen (secondary N) is 1. The van der Waals surface area contributed by atoms with Crippen LogP contribution >= 0.6 is 11.3 Å². The van der Waals surface area contributed by atoms with Gasteiger partial charge in [0.2, 0.25) is 5.95 Å². The number of hydrogen-bond acceptors (Lipinski definition) is 10. The molecule has 1 saturated carbocycles. The number of anilines is 1. The fourth-order valence-electron chi connectivity index (χ4n) is 4.79. The van der Waals surface area contributed by atoms with Crippen LogP contribution in [-0.4, -0.2) is 54.1 Å². The molecule has 1 fully saturated rings. The second-order valence-electron chi connectivity index (χ2n) is 10.5. The molecule has 4 aromatic rings. The molecule has 0 bridgehead atoms. The van der Waals surface area contributed by atoms with Crippen molar-refractivity contribution in [3.63, 3.8) is 0 Å². The van der Waals surface area contributed by atoms with E-state index < -0.39 is 23.6 Å². The highest BCUT2D eigenvalue weighted by Gasteiger charge is 2.27. The van der Waals surface area contributed by atoms with Gasteiger partial charge >= 0.3 is 5.97 Å². The Bertz CT molecular complexity index is 1690. The normalized spacial score (nSPS) is 16.5. The number of thiazole rings is 1. The van der Waals surface area contributed by atoms with E-state index in [2.05, 4.69) is 25.5 Å². The molecule has 0 radical (unpaired) electrons. The number of rotatable bonds is 10. The van der Waals surface area contributed by atoms with E-state index in [1.54, 1.807) is 36.3 Å². The van der Waals surface area contributed by atoms with E-state index in [-0.39, 0.29) is 47.3 Å². The Kier molecular flexibility index (Phi) is 9.44. The summed E-state index contributed by atoms with van der Waals surface area (Å²) in [7, 11) is 0. The first-order chi connectivity index (χ1) is 21.1. The number of nitrogens with zero attached hydrogens (tertiary/aromatic N) is 6. The minimum atomic E-state index is -0.870. The van der Waals surface area contributed by atoms with Gasteiger partial charge < -0.3 is 20.5 Å². The minimum absolute atomic E-state index is 0.00660. The van der Waals surface area contributed by atoms with Crippen LogP contribution in [0.25, 0.3) is 22.0 Å². The molecule has 0 saturated heterocycles. The van der Waals surface area contributed by atoms with Crippen LogP contribution in [0.5, 0.6) is 0 Å². The Labute approximate surface area is 255 Å². The lowest BCUT2D eigenvalue weighted by Gasteiger charge is -2.28. The van der Waals surface area contributed by atoms with Gasteiger partial charge in [-0.25, -0.2) is 23.8 Å². The van der Waals surface area contributed by atoms with Crippen LogP contribution in [0.4, 0.5) is 14.5 Å². The van der Waals surface area contributed by atoms with Gasteiger partial charge in [0.1, 0.15) is 27.8 Å². The van der Waals surface area contributed by atoms with Gasteiger partial charge in [0.05, 0.1) is 24.0 Å². The van der Waals surface area contributed by atoms with Gasteiger partial charge in [-0.05, 0) is 64.2 Å². The smallest absolute Gasteiger partial charge is 0.355 e. The number of carbonyl (C=O) groups is 2. The average Bonchev–Trinajstić information content (AvgIpc) is 3.77. The predicted molar refractivity (Wildman–Crippen MR) is 158 cm³/mol. The molecule has 4 heterocycles. The first kappa shape index (κ1) is 30.9. The van der Waals surface area contributed by atoms with Crippen molar-refractivity contribution in [1.82, 2.24) is 29.5 Å². The molecule has 0 atom stereocenters. The van der Waals surface area contributed by atoms with Crippen molar-refractivity contribution < 1.29 is 27.8 Å². The van der Waals surface area contributed by atoms with Gasteiger partial charge in [-0.2, -0.15) is 14.6 Å². The molecule has 0 aromatic carbocycles. The first-order valence-electron chi connectivity index (χ1n) is 14.1. The summed E-state index contributed by atoms with van der Waals surface area (Å²) >= 11 is 1.21. The summed E-state index contributed by atoms with van der Waals surface area (Å²) in [5.41, 5.74) is 6.97. The molecule has 12 nitrogen and oxygen atoms in total. The Morgan fingerprint density at radius 1 is 1.11 bits per heavy atom. The first-order valence-corrected chi connectivity index (χ1v) is 14.9. The molecule has 0 unspecified atom stereocenters. The van der Waals surface area contributed by atoms with Crippen LogP contribution in [-0.2, 0) is 21.0 Å². The van der Waals surface area contributed by atoms with Crippen molar-refractivity contribution in [2.75, 3.05) is 11.9 Å². The van der Waals surface area contributed by atoms with E-state index in [4.69, 9.17) is 15.2 Å². The number of ether oxygens (including phenoxy) is 2. The van der Waals surface area contributed by atoms with Crippen molar-refractivity contribution in [3.05, 3.63) is 64.8 Å². The van der Waals surface area contributed by atoms with Crippen LogP contribution in [0.1, 0.15) is 63.0 Å². The van der Waals surface area contributed by atoms with Crippen molar-refractivity contribution in [2.45, 2.75) is 65.3 Å². The molecule has 0 spiro atoms. The van der Waals surface area contributed by atoms with Crippen LogP contribution in [0.15, 0.2) is 47.4 Å². The zero-order chi connectivity index (χ0) is 31.4. The molecule has 5 rings (SSSR count). The molecular formula is C29H32F2N8O4S. The van der Waals surface area contributed by atoms with Crippen molar-refractivity contribution in [2.24, 2.45) is 5.73 Å². The fourth-order valence-corrected chi connectivity index (χ4v) is 5.57. The Morgan fingerprint density at radius 2 is 1.89 bits per heavy atom. The SMILES string of the molecule is CCOC1CCC(n2cc(NC(=O)c3csc(-c4cnn(COC(=O)C(N)=C(C)C)c4)n3)c(-c3nc(F)ccc3F)n2)CC1. The van der Waals surface area contributed by atoms with E-state index in [0.717, 1.165) is 37.8 Å². The number of pyridine rings is 1. The number of allylic oxidation sites excluding steroid dienone is 1. The number of amides is 1. The maximum absolute atomic E-state index is 14.8. The number of aromatic nitrogens is 6. The van der Waals surface area contributed by atoms with E-state index >= 15 is 0 Å². The predicted octanol–water partition coefficient (Wildman–Crippen LogP) is 5.07. The molecule has 3 N–H and O–H groups in total. The van der Waals surface area contributed by atoms with Gasteiger partial charge in [0.25, 0.3) is 5.91 Å². The molecule has 1 amide bonds. The fraction of sp³-hybridized carbons (Fsp3) is 0.379. The summed E-state index contributed by atoms with van der Waals surface area (Å²) in [5.74, 6) is -2.85. The van der Waals surface area contributed by atoms with Crippen LogP contribution in [0.2, 0.25) is 0 Å². The zero-order valence-electron chi connectivity index (χ0n) is 24.4. The molecule has 1 aliphatic carbocycles. The number of carbonyl (C=O) groups excluding carboxylic acids is 2. The van der Waals surface area contributed by atoms with E-state index in [0.29, 0.717) is 22.8 Å². The quantitative estimate of drug-likeness (QED) is 0.140. The van der Waals surface area contributed by atoms with Crippen molar-refractivity contribution in [1.29, 1.82) is 0 Å². The van der Waals surface area contributed by atoms with Crippen molar-refractivity contribution >= 4 is 28.9 Å². The molecule has 1 aliphatic rings. The lowest BCUT2D eigenvalue weighted by Crippen LogP contribution is -2.24. The number of hydrogen-bond donors (Lipinski definition) is 2. The van der Waals surface area contributed by atoms with Crippen LogP contribution in [0.3, 0.4) is 0 Å². The highest BCUT2D eigenvalue weighted by Crippen LogP contribution is 2.34. The summed E-state index contributed by atoms with van der Waals surface area (Å²) in [6.07, 6.45) is 8.18. The van der Waals surface area contributed by atoms with E-state index in [1.807, 2.05) is 6.92 Å². The standard InChI is InChI=1S/C29H32F2N8O4S/c1-4-42-19-7-5-18(6-8-19)39-13-21(26(37-39)25-20(30)9-10-23(31)36-25)34-27(40)22-14-44-28(35-22)17-11-33-38(12-17)15-43-29(41)24(32)16(2)3/h9-14,18-19H,4-8,15,32H2,1-3H3,(H,34,40). The second-order valence-corrected chi connectivity index (χ2v) is 11.3. The third-order valence-corrected chi connectivity index (χ3v) is 8.03. The largest absolute Gasteiger partial charge is 0.438 e. The van der Waals surface area contributed by atoms with E-state index in [1.165, 1.54) is 22.2 Å². The molecule has 44 heavy (non-hydrogen) atoms. The van der Waals surface area contributed by atoms with Gasteiger partial charge in [0, 0.05) is 29.9 Å². The maximum Gasteiger partial charge on any atom is 0.355 e. The Hall–Kier alpha value is -4.50. The average molecular weight is 627 g/mol. The van der Waals surface area contributed by atoms with Crippen molar-refractivity contribution in [3.8, 4) is 22.0 Å². The molecule has 15 heteroatoms. The maximum atomic E-state index is 14.8. The molecule has 4 aromatic heterocycles. The van der Waals surface area contributed by atoms with Gasteiger partial charge in [-0.3, -0.25) is 9.48 Å². The third kappa shape index (κ3) is 7.00. The summed E-state index contributed by atoms with van der Waals surface area (Å²) in [6, 6.07) is 1.89. The molecule has 232 valence electrons.